The number of aromatic nitrogens is 2. The Kier molecular flexibility index (Phi) is 5.69. The number of rotatable bonds is 6. The molecule has 1 N–H and O–H groups in total. The second kappa shape index (κ2) is 8.02. The summed E-state index contributed by atoms with van der Waals surface area (Å²) in [6.07, 6.45) is -4.39. The Morgan fingerprint density at radius 3 is 2.43 bits per heavy atom. The molecular formula is C20H19F4N3O. The molecule has 0 aliphatic carbocycles. The van der Waals surface area contributed by atoms with Gasteiger partial charge in [0.2, 0.25) is 5.88 Å². The van der Waals surface area contributed by atoms with Crippen LogP contribution >= 0.6 is 0 Å². The summed E-state index contributed by atoms with van der Waals surface area (Å²) < 4.78 is 58.3. The van der Waals surface area contributed by atoms with Crippen molar-refractivity contribution in [1.29, 1.82) is 0 Å². The Morgan fingerprint density at radius 2 is 1.82 bits per heavy atom. The lowest BCUT2D eigenvalue weighted by Crippen LogP contribution is -2.18. The molecule has 28 heavy (non-hydrogen) atoms. The number of benzene rings is 2. The zero-order valence-corrected chi connectivity index (χ0v) is 15.3. The number of nitrogens with zero attached hydrogens (tertiary/aromatic N) is 2. The highest BCUT2D eigenvalue weighted by Crippen LogP contribution is 2.30. The van der Waals surface area contributed by atoms with Gasteiger partial charge in [0.15, 0.2) is 0 Å². The molecule has 0 aliphatic heterocycles. The first kappa shape index (κ1) is 19.9. The van der Waals surface area contributed by atoms with Crippen molar-refractivity contribution in [2.75, 3.05) is 7.11 Å². The Labute approximate surface area is 159 Å². The van der Waals surface area contributed by atoms with Crippen LogP contribution < -0.4 is 10.1 Å². The molecule has 3 rings (SSSR count). The predicted octanol–water partition coefficient (Wildman–Crippen LogP) is 4.89. The molecule has 1 unspecified atom stereocenters. The van der Waals surface area contributed by atoms with E-state index in [1.165, 1.54) is 36.1 Å². The number of alkyl halides is 3. The van der Waals surface area contributed by atoms with Gasteiger partial charge in [-0.05, 0) is 48.9 Å². The molecule has 1 heterocycles. The predicted molar refractivity (Wildman–Crippen MR) is 96.8 cm³/mol. The Morgan fingerprint density at radius 1 is 1.11 bits per heavy atom. The molecule has 0 fully saturated rings. The fourth-order valence-corrected chi connectivity index (χ4v) is 2.77. The third-order valence-corrected chi connectivity index (χ3v) is 4.31. The van der Waals surface area contributed by atoms with Gasteiger partial charge in [0.05, 0.1) is 24.1 Å². The molecule has 0 spiro atoms. The average molecular weight is 393 g/mol. The lowest BCUT2D eigenvalue weighted by molar-refractivity contribution is -0.137. The van der Waals surface area contributed by atoms with Crippen LogP contribution in [0.25, 0.3) is 5.69 Å². The van der Waals surface area contributed by atoms with Crippen LogP contribution in [0.4, 0.5) is 17.6 Å². The van der Waals surface area contributed by atoms with Gasteiger partial charge in [-0.25, -0.2) is 9.07 Å². The van der Waals surface area contributed by atoms with Crippen molar-refractivity contribution in [3.63, 3.8) is 0 Å². The molecule has 4 nitrogen and oxygen atoms in total. The smallest absolute Gasteiger partial charge is 0.416 e. The molecule has 1 atom stereocenters. The van der Waals surface area contributed by atoms with E-state index in [1.54, 1.807) is 12.1 Å². The molecule has 0 aliphatic rings. The largest absolute Gasteiger partial charge is 0.481 e. The van der Waals surface area contributed by atoms with Crippen molar-refractivity contribution in [2.24, 2.45) is 0 Å². The van der Waals surface area contributed by atoms with Crippen LogP contribution in [0.2, 0.25) is 0 Å². The van der Waals surface area contributed by atoms with Gasteiger partial charge < -0.3 is 10.1 Å². The zero-order valence-electron chi connectivity index (χ0n) is 15.3. The number of ether oxygens (including phenoxy) is 1. The molecule has 0 amide bonds. The molecule has 148 valence electrons. The Balaban J connectivity index is 1.75. The first-order chi connectivity index (χ1) is 13.3. The monoisotopic (exact) mass is 393 g/mol. The molecule has 1 aromatic heterocycles. The second-order valence-electron chi connectivity index (χ2n) is 6.29. The van der Waals surface area contributed by atoms with Gasteiger partial charge in [0.25, 0.3) is 0 Å². The lowest BCUT2D eigenvalue weighted by atomic mass is 10.1. The van der Waals surface area contributed by atoms with Gasteiger partial charge in [-0.1, -0.05) is 12.1 Å². The molecule has 8 heteroatoms. The first-order valence-electron chi connectivity index (χ1n) is 8.57. The van der Waals surface area contributed by atoms with Gasteiger partial charge in [-0.15, -0.1) is 0 Å². The summed E-state index contributed by atoms with van der Waals surface area (Å²) in [4.78, 5) is 0. The second-order valence-corrected chi connectivity index (χ2v) is 6.29. The van der Waals surface area contributed by atoms with E-state index < -0.39 is 11.7 Å². The fraction of sp³-hybridized carbons (Fsp3) is 0.250. The van der Waals surface area contributed by atoms with Crippen molar-refractivity contribution >= 4 is 0 Å². The van der Waals surface area contributed by atoms with E-state index in [9.17, 15) is 17.6 Å². The minimum Gasteiger partial charge on any atom is -0.481 e. The van der Waals surface area contributed by atoms with E-state index in [0.717, 1.165) is 17.7 Å². The topological polar surface area (TPSA) is 39.1 Å². The number of hydrogen-bond acceptors (Lipinski definition) is 3. The normalized spacial score (nSPS) is 12.8. The highest BCUT2D eigenvalue weighted by atomic mass is 19.4. The van der Waals surface area contributed by atoms with Crippen molar-refractivity contribution in [1.82, 2.24) is 15.1 Å². The van der Waals surface area contributed by atoms with Crippen LogP contribution in [0.15, 0.2) is 54.6 Å². The maximum atomic E-state index is 13.4. The number of methoxy groups -OCH3 is 1. The number of hydrogen-bond donors (Lipinski definition) is 1. The van der Waals surface area contributed by atoms with Crippen molar-refractivity contribution in [3.8, 4) is 11.6 Å². The van der Waals surface area contributed by atoms with E-state index in [1.807, 2.05) is 13.0 Å². The number of nitrogens with one attached hydrogen (secondary N) is 1. The summed E-state index contributed by atoms with van der Waals surface area (Å²) in [6.45, 7) is 2.28. The van der Waals surface area contributed by atoms with Crippen LogP contribution in [0, 0.1) is 5.82 Å². The highest BCUT2D eigenvalue weighted by molar-refractivity contribution is 5.38. The van der Waals surface area contributed by atoms with Crippen LogP contribution in [-0.4, -0.2) is 16.9 Å². The lowest BCUT2D eigenvalue weighted by Gasteiger charge is -2.13. The van der Waals surface area contributed by atoms with Crippen LogP contribution in [0.5, 0.6) is 5.88 Å². The third kappa shape index (κ3) is 4.51. The standard InChI is InChI=1S/C20H19F4N3O/c1-13(14-4-3-5-16(21)10-14)25-12-17-11-19(28-2)27(26-17)18-8-6-15(7-9-18)20(22,23)24/h3-11,13,25H,12H2,1-2H3. The van der Waals surface area contributed by atoms with Gasteiger partial charge >= 0.3 is 6.18 Å². The Bertz CT molecular complexity index is 935. The number of halogens is 4. The SMILES string of the molecule is COc1cc(CNC(C)c2cccc(F)c2)nn1-c1ccc(C(F)(F)F)cc1. The summed E-state index contributed by atoms with van der Waals surface area (Å²) in [5.74, 6) is 0.0920. The van der Waals surface area contributed by atoms with Crippen molar-refractivity contribution in [3.05, 3.63) is 77.2 Å². The minimum atomic E-state index is -4.39. The van der Waals surface area contributed by atoms with Gasteiger partial charge in [0.1, 0.15) is 5.82 Å². The highest BCUT2D eigenvalue weighted by Gasteiger charge is 2.30. The van der Waals surface area contributed by atoms with Crippen LogP contribution in [-0.2, 0) is 12.7 Å². The molecule has 0 saturated heterocycles. The van der Waals surface area contributed by atoms with E-state index in [2.05, 4.69) is 10.4 Å². The minimum absolute atomic E-state index is 0.113. The van der Waals surface area contributed by atoms with Crippen molar-refractivity contribution < 1.29 is 22.3 Å². The summed E-state index contributed by atoms with van der Waals surface area (Å²) in [5, 5.41) is 7.64. The average Bonchev–Trinajstić information content (AvgIpc) is 3.09. The maximum Gasteiger partial charge on any atom is 0.416 e. The molecule has 0 radical (unpaired) electrons. The molecular weight excluding hydrogens is 374 g/mol. The maximum absolute atomic E-state index is 13.4. The van der Waals surface area contributed by atoms with Gasteiger partial charge in [-0.2, -0.15) is 18.3 Å². The van der Waals surface area contributed by atoms with Crippen molar-refractivity contribution in [2.45, 2.75) is 25.7 Å². The summed E-state index contributed by atoms with van der Waals surface area (Å²) in [5.41, 5.74) is 1.16. The van der Waals surface area contributed by atoms with E-state index >= 15 is 0 Å². The van der Waals surface area contributed by atoms with Crippen LogP contribution in [0.1, 0.15) is 29.8 Å². The molecule has 3 aromatic rings. The van der Waals surface area contributed by atoms with Gasteiger partial charge in [0, 0.05) is 18.7 Å². The summed E-state index contributed by atoms with van der Waals surface area (Å²) in [6, 6.07) is 12.6. The van der Waals surface area contributed by atoms with E-state index in [4.69, 9.17) is 4.74 Å². The van der Waals surface area contributed by atoms with Gasteiger partial charge in [-0.3, -0.25) is 0 Å². The molecule has 2 aromatic carbocycles. The quantitative estimate of drug-likeness (QED) is 0.606. The molecule has 0 saturated carbocycles. The third-order valence-electron chi connectivity index (χ3n) is 4.31. The Hall–Kier alpha value is -2.87. The van der Waals surface area contributed by atoms with E-state index in [0.29, 0.717) is 23.8 Å². The fourth-order valence-electron chi connectivity index (χ4n) is 2.77. The first-order valence-corrected chi connectivity index (χ1v) is 8.57. The molecule has 0 bridgehead atoms. The summed E-state index contributed by atoms with van der Waals surface area (Å²) in [7, 11) is 1.46. The zero-order chi connectivity index (χ0) is 20.3. The van der Waals surface area contributed by atoms with Crippen LogP contribution in [0.3, 0.4) is 0 Å². The van der Waals surface area contributed by atoms with E-state index in [-0.39, 0.29) is 11.9 Å². The summed E-state index contributed by atoms with van der Waals surface area (Å²) >= 11 is 0.